The van der Waals surface area contributed by atoms with Crippen molar-refractivity contribution in [3.63, 3.8) is 0 Å². The van der Waals surface area contributed by atoms with E-state index in [0.717, 1.165) is 6.21 Å². The molecule has 3 heteroatoms. The Balaban J connectivity index is 2.94. The summed E-state index contributed by atoms with van der Waals surface area (Å²) in [5.41, 5.74) is 2.24. The Morgan fingerprint density at radius 2 is 2.33 bits per heavy atom. The van der Waals surface area contributed by atoms with E-state index in [2.05, 4.69) is 5.43 Å². The second-order valence-corrected chi connectivity index (χ2v) is 0.692. The molecule has 0 aliphatic carbocycles. The molecule has 0 unspecified atom stereocenters. The predicted molar refractivity (Wildman–Crippen MR) is 25.2 cm³/mol. The molecule has 0 aromatic carbocycles. The Bertz CT molecular complexity index is 57.1. The van der Waals surface area contributed by atoms with Crippen LogP contribution in [0.3, 0.4) is 0 Å². The molecule has 0 spiro atoms. The van der Waals surface area contributed by atoms with Gasteiger partial charge in [-0.15, -0.1) is 0 Å². The van der Waals surface area contributed by atoms with E-state index in [1.807, 2.05) is 0 Å². The van der Waals surface area contributed by atoms with Crippen LogP contribution >= 0.6 is 0 Å². The molecular formula is C3H7N3. The van der Waals surface area contributed by atoms with Gasteiger partial charge in [-0.1, -0.05) is 0 Å². The molecule has 6 heavy (non-hydrogen) atoms. The Labute approximate surface area is 36.3 Å². The lowest BCUT2D eigenvalue weighted by molar-refractivity contribution is 0.969. The first kappa shape index (κ1) is 5.17. The maximum atomic E-state index is 6.40. The van der Waals surface area contributed by atoms with Crippen molar-refractivity contribution in [3.8, 4) is 0 Å². The van der Waals surface area contributed by atoms with Gasteiger partial charge in [0.05, 0.1) is 0 Å². The normalized spacial score (nSPS) is 8.83. The first-order valence-electron chi connectivity index (χ1n) is 1.53. The van der Waals surface area contributed by atoms with Gasteiger partial charge in [0.15, 0.2) is 0 Å². The van der Waals surface area contributed by atoms with E-state index in [-0.39, 0.29) is 0 Å². The first-order chi connectivity index (χ1) is 2.91. The minimum absolute atomic E-state index is 1.14. The van der Waals surface area contributed by atoms with Crippen LogP contribution in [0.1, 0.15) is 0 Å². The number of hydrogen-bond acceptors (Lipinski definition) is 3. The van der Waals surface area contributed by atoms with Crippen LogP contribution < -0.4 is 11.3 Å². The summed E-state index contributed by atoms with van der Waals surface area (Å²) >= 11 is 0. The smallest absolute Gasteiger partial charge is 0.0192 e. The van der Waals surface area contributed by atoms with Crippen LogP contribution in [0.5, 0.6) is 0 Å². The standard InChI is InChI=1S/C3H7N3/c4-2-1-3-6-5/h1-4,6H,5H2/b3-1-,4-2?. The van der Waals surface area contributed by atoms with E-state index in [9.17, 15) is 0 Å². The molecule has 0 atom stereocenters. The maximum absolute atomic E-state index is 6.40. The van der Waals surface area contributed by atoms with Gasteiger partial charge < -0.3 is 10.8 Å². The zero-order valence-corrected chi connectivity index (χ0v) is 3.31. The van der Waals surface area contributed by atoms with E-state index in [4.69, 9.17) is 11.3 Å². The molecule has 0 amide bonds. The van der Waals surface area contributed by atoms with E-state index >= 15 is 0 Å². The molecule has 0 aromatic rings. The highest BCUT2D eigenvalue weighted by atomic mass is 15.2. The fourth-order valence-corrected chi connectivity index (χ4v) is 0.104. The van der Waals surface area contributed by atoms with Gasteiger partial charge in [-0.2, -0.15) is 0 Å². The van der Waals surface area contributed by atoms with Crippen LogP contribution in [0, 0.1) is 5.41 Å². The predicted octanol–water partition coefficient (Wildman–Crippen LogP) is -0.387. The second-order valence-electron chi connectivity index (χ2n) is 0.692. The maximum Gasteiger partial charge on any atom is 0.0192 e. The lowest BCUT2D eigenvalue weighted by atomic mass is 10.7. The first-order valence-corrected chi connectivity index (χ1v) is 1.53. The summed E-state index contributed by atoms with van der Waals surface area (Å²) in [4.78, 5) is 0. The molecule has 0 aliphatic heterocycles. The summed E-state index contributed by atoms with van der Waals surface area (Å²) in [6.07, 6.45) is 4.09. The van der Waals surface area contributed by atoms with Gasteiger partial charge in [-0.05, 0) is 6.08 Å². The summed E-state index contributed by atoms with van der Waals surface area (Å²) in [6.45, 7) is 0. The molecule has 0 aliphatic rings. The van der Waals surface area contributed by atoms with E-state index in [1.54, 1.807) is 0 Å². The third kappa shape index (κ3) is 3.17. The fraction of sp³-hybridized carbons (Fsp3) is 0. The lowest BCUT2D eigenvalue weighted by Crippen LogP contribution is -2.12. The average molecular weight is 85.1 g/mol. The van der Waals surface area contributed by atoms with E-state index in [0.29, 0.717) is 0 Å². The summed E-state index contributed by atoms with van der Waals surface area (Å²) < 4.78 is 0. The monoisotopic (exact) mass is 85.1 g/mol. The molecule has 0 aromatic heterocycles. The topological polar surface area (TPSA) is 61.9 Å². The van der Waals surface area contributed by atoms with Crippen LogP contribution in [-0.2, 0) is 0 Å². The molecule has 0 radical (unpaired) electrons. The summed E-state index contributed by atoms with van der Waals surface area (Å²) in [6, 6.07) is 0. The Morgan fingerprint density at radius 1 is 1.67 bits per heavy atom. The van der Waals surface area contributed by atoms with Gasteiger partial charge in [0.25, 0.3) is 0 Å². The van der Waals surface area contributed by atoms with Crippen molar-refractivity contribution in [3.05, 3.63) is 12.3 Å². The van der Waals surface area contributed by atoms with Crippen molar-refractivity contribution in [2.75, 3.05) is 0 Å². The average Bonchev–Trinajstić information content (AvgIpc) is 1.61. The highest BCUT2D eigenvalue weighted by Gasteiger charge is 1.51. The molecule has 0 bridgehead atoms. The van der Waals surface area contributed by atoms with Crippen LogP contribution in [0.2, 0.25) is 0 Å². The van der Waals surface area contributed by atoms with Crippen molar-refractivity contribution in [1.82, 2.24) is 5.43 Å². The highest BCUT2D eigenvalue weighted by Crippen LogP contribution is 1.50. The second kappa shape index (κ2) is 4.17. The minimum Gasteiger partial charge on any atom is -0.331 e. The number of nitrogens with one attached hydrogen (secondary N) is 2. The zero-order chi connectivity index (χ0) is 4.83. The van der Waals surface area contributed by atoms with Crippen molar-refractivity contribution < 1.29 is 0 Å². The van der Waals surface area contributed by atoms with Crippen LogP contribution in [0.4, 0.5) is 0 Å². The fourth-order valence-electron chi connectivity index (χ4n) is 0.104. The number of rotatable bonds is 2. The molecule has 3 nitrogen and oxygen atoms in total. The summed E-state index contributed by atoms with van der Waals surface area (Å²) in [5.74, 6) is 4.77. The van der Waals surface area contributed by atoms with Crippen LogP contribution in [-0.4, -0.2) is 6.21 Å². The Hall–Kier alpha value is -0.830. The molecule has 0 saturated carbocycles. The van der Waals surface area contributed by atoms with Gasteiger partial charge in [-0.3, -0.25) is 5.84 Å². The van der Waals surface area contributed by atoms with Crippen LogP contribution in [0.15, 0.2) is 12.3 Å². The van der Waals surface area contributed by atoms with Gasteiger partial charge in [0.1, 0.15) is 0 Å². The number of hydrogen-bond donors (Lipinski definition) is 3. The molecule has 0 rings (SSSR count). The molecule has 0 saturated heterocycles. The molecule has 0 heterocycles. The van der Waals surface area contributed by atoms with Crippen LogP contribution in [0.25, 0.3) is 0 Å². The molecule has 34 valence electrons. The van der Waals surface area contributed by atoms with E-state index in [1.165, 1.54) is 12.3 Å². The Kier molecular flexibility index (Phi) is 3.59. The third-order valence-electron chi connectivity index (χ3n) is 0.289. The number of nitrogens with two attached hydrogens (primary N) is 1. The number of hydrazine groups is 1. The molecular weight excluding hydrogens is 78.1 g/mol. The van der Waals surface area contributed by atoms with Crippen molar-refractivity contribution >= 4 is 6.21 Å². The van der Waals surface area contributed by atoms with Crippen molar-refractivity contribution in [2.45, 2.75) is 0 Å². The van der Waals surface area contributed by atoms with Gasteiger partial charge in [-0.25, -0.2) is 0 Å². The van der Waals surface area contributed by atoms with Crippen molar-refractivity contribution in [2.24, 2.45) is 5.84 Å². The quantitative estimate of drug-likeness (QED) is 0.243. The largest absolute Gasteiger partial charge is 0.331 e. The Morgan fingerprint density at radius 3 is 2.50 bits per heavy atom. The SMILES string of the molecule is N=C/C=C\NN. The zero-order valence-electron chi connectivity index (χ0n) is 3.31. The third-order valence-corrected chi connectivity index (χ3v) is 0.289. The summed E-state index contributed by atoms with van der Waals surface area (Å²) in [7, 11) is 0. The van der Waals surface area contributed by atoms with E-state index < -0.39 is 0 Å². The molecule has 4 N–H and O–H groups in total. The lowest BCUT2D eigenvalue weighted by Gasteiger charge is -1.76. The highest BCUT2D eigenvalue weighted by molar-refractivity contribution is 5.67. The summed E-state index contributed by atoms with van der Waals surface area (Å²) in [5, 5.41) is 6.40. The number of allylic oxidation sites excluding steroid dienone is 1. The van der Waals surface area contributed by atoms with Gasteiger partial charge in [0.2, 0.25) is 0 Å². The molecule has 0 fully saturated rings. The van der Waals surface area contributed by atoms with Crippen molar-refractivity contribution in [1.29, 1.82) is 5.41 Å². The van der Waals surface area contributed by atoms with Gasteiger partial charge >= 0.3 is 0 Å². The van der Waals surface area contributed by atoms with Gasteiger partial charge in [0, 0.05) is 12.4 Å². The minimum atomic E-state index is 1.14.